The second-order valence-corrected chi connectivity index (χ2v) is 4.37. The van der Waals surface area contributed by atoms with E-state index in [0.29, 0.717) is 0 Å². The Labute approximate surface area is 82.2 Å². The minimum atomic E-state index is -4.83. The molecule has 0 aliphatic carbocycles. The Bertz CT molecular complexity index is 490. The Morgan fingerprint density at radius 1 is 1.57 bits per heavy atom. The summed E-state index contributed by atoms with van der Waals surface area (Å²) >= 11 is 5.32. The minimum Gasteiger partial charge on any atom is -0.265 e. The number of aromatic nitrogens is 2. The average Bonchev–Trinajstić information content (AvgIpc) is 2.46. The number of H-pyrrole nitrogens is 1. The molecule has 0 amide bonds. The molecule has 9 heteroatoms. The molecule has 0 unspecified atom stereocenters. The summed E-state index contributed by atoms with van der Waals surface area (Å²) in [4.78, 5) is 0. The van der Waals surface area contributed by atoms with E-state index in [1.165, 1.54) is 6.07 Å². The maximum Gasteiger partial charge on any atom is 0.342 e. The van der Waals surface area contributed by atoms with Crippen LogP contribution >= 0.6 is 11.6 Å². The Morgan fingerprint density at radius 2 is 2.14 bits per heavy atom. The SMILES string of the molecule is N#Cc1n[nH]c(S(=O)(=O)C(F)F)c1Cl. The second kappa shape index (κ2) is 3.51. The maximum atomic E-state index is 12.0. The number of nitrogens with zero attached hydrogens (tertiary/aromatic N) is 2. The summed E-state index contributed by atoms with van der Waals surface area (Å²) in [7, 11) is -4.83. The van der Waals surface area contributed by atoms with Crippen LogP contribution in [0.3, 0.4) is 0 Å². The lowest BCUT2D eigenvalue weighted by Crippen LogP contribution is -2.12. The molecule has 0 aromatic carbocycles. The van der Waals surface area contributed by atoms with Crippen molar-refractivity contribution in [2.75, 3.05) is 0 Å². The van der Waals surface area contributed by atoms with Crippen molar-refractivity contribution in [3.8, 4) is 6.07 Å². The fourth-order valence-corrected chi connectivity index (χ4v) is 1.81. The van der Waals surface area contributed by atoms with Crippen LogP contribution in [0.1, 0.15) is 5.69 Å². The van der Waals surface area contributed by atoms with Gasteiger partial charge in [0.2, 0.25) is 0 Å². The lowest BCUT2D eigenvalue weighted by molar-refractivity contribution is 0.234. The molecular weight excluding hydrogens is 240 g/mol. The Balaban J connectivity index is 3.37. The average molecular weight is 242 g/mol. The molecular formula is C5H2ClF2N3O2S. The van der Waals surface area contributed by atoms with Crippen LogP contribution in [0.25, 0.3) is 0 Å². The van der Waals surface area contributed by atoms with E-state index in [2.05, 4.69) is 5.10 Å². The van der Waals surface area contributed by atoms with Gasteiger partial charge in [0.25, 0.3) is 9.84 Å². The molecule has 1 rings (SSSR count). The standard InChI is InChI=1S/C5H2ClF2N3O2S/c6-3-2(1-9)10-11-4(3)14(12,13)5(7)8/h5H,(H,10,11). The number of aromatic amines is 1. The number of halogens is 3. The van der Waals surface area contributed by atoms with Gasteiger partial charge in [-0.2, -0.15) is 19.1 Å². The molecule has 14 heavy (non-hydrogen) atoms. The van der Waals surface area contributed by atoms with Gasteiger partial charge in [0.1, 0.15) is 11.1 Å². The number of hydrogen-bond acceptors (Lipinski definition) is 4. The van der Waals surface area contributed by atoms with E-state index < -0.39 is 31.3 Å². The number of nitrogens with one attached hydrogen (secondary N) is 1. The molecule has 1 N–H and O–H groups in total. The lowest BCUT2D eigenvalue weighted by atomic mass is 10.5. The highest BCUT2D eigenvalue weighted by Gasteiger charge is 2.32. The van der Waals surface area contributed by atoms with Crippen LogP contribution in [0.15, 0.2) is 5.03 Å². The van der Waals surface area contributed by atoms with Gasteiger partial charge in [-0.15, -0.1) is 0 Å². The Hall–Kier alpha value is -1.20. The lowest BCUT2D eigenvalue weighted by Gasteiger charge is -1.98. The molecule has 0 saturated heterocycles. The van der Waals surface area contributed by atoms with Gasteiger partial charge in [-0.1, -0.05) is 11.6 Å². The molecule has 0 radical (unpaired) electrons. The Kier molecular flexibility index (Phi) is 2.73. The summed E-state index contributed by atoms with van der Waals surface area (Å²) < 4.78 is 45.8. The van der Waals surface area contributed by atoms with Crippen LogP contribution < -0.4 is 0 Å². The largest absolute Gasteiger partial charge is 0.342 e. The fourth-order valence-electron chi connectivity index (χ4n) is 0.664. The van der Waals surface area contributed by atoms with E-state index >= 15 is 0 Å². The molecule has 0 spiro atoms. The summed E-state index contributed by atoms with van der Waals surface area (Å²) in [5.74, 6) is -3.60. The zero-order valence-corrected chi connectivity index (χ0v) is 7.90. The first-order chi connectivity index (χ1) is 6.41. The summed E-state index contributed by atoms with van der Waals surface area (Å²) in [6.45, 7) is 0. The van der Waals surface area contributed by atoms with Crippen molar-refractivity contribution in [1.29, 1.82) is 5.26 Å². The van der Waals surface area contributed by atoms with Gasteiger partial charge in [0.05, 0.1) is 0 Å². The number of rotatable bonds is 2. The number of hydrogen-bond donors (Lipinski definition) is 1. The van der Waals surface area contributed by atoms with Crippen molar-refractivity contribution in [2.45, 2.75) is 10.8 Å². The van der Waals surface area contributed by atoms with Crippen LogP contribution in [0.4, 0.5) is 8.78 Å². The number of sulfone groups is 1. The third-order valence-corrected chi connectivity index (χ3v) is 3.12. The van der Waals surface area contributed by atoms with E-state index in [4.69, 9.17) is 16.9 Å². The van der Waals surface area contributed by atoms with Crippen LogP contribution in [0.2, 0.25) is 5.02 Å². The monoisotopic (exact) mass is 241 g/mol. The molecule has 0 atom stereocenters. The maximum absolute atomic E-state index is 12.0. The number of alkyl halides is 2. The van der Waals surface area contributed by atoms with Gasteiger partial charge in [-0.3, -0.25) is 5.10 Å². The zero-order valence-electron chi connectivity index (χ0n) is 6.33. The summed E-state index contributed by atoms with van der Waals surface area (Å²) in [5, 5.41) is 11.7. The first-order valence-electron chi connectivity index (χ1n) is 3.07. The molecule has 0 fully saturated rings. The van der Waals surface area contributed by atoms with Crippen LogP contribution in [0.5, 0.6) is 0 Å². The molecule has 0 bridgehead atoms. The van der Waals surface area contributed by atoms with Gasteiger partial charge < -0.3 is 0 Å². The fraction of sp³-hybridized carbons (Fsp3) is 0.200. The van der Waals surface area contributed by atoms with Crippen molar-refractivity contribution in [1.82, 2.24) is 10.2 Å². The van der Waals surface area contributed by atoms with E-state index in [0.717, 1.165) is 0 Å². The first-order valence-corrected chi connectivity index (χ1v) is 4.99. The Morgan fingerprint density at radius 3 is 2.50 bits per heavy atom. The van der Waals surface area contributed by atoms with Gasteiger partial charge in [-0.05, 0) is 0 Å². The van der Waals surface area contributed by atoms with Gasteiger partial charge in [-0.25, -0.2) is 8.42 Å². The highest BCUT2D eigenvalue weighted by Crippen LogP contribution is 2.26. The summed E-state index contributed by atoms with van der Waals surface area (Å²) in [6, 6.07) is 1.44. The first kappa shape index (κ1) is 10.9. The van der Waals surface area contributed by atoms with E-state index in [-0.39, 0.29) is 0 Å². The van der Waals surface area contributed by atoms with Crippen LogP contribution in [0, 0.1) is 11.3 Å². The topological polar surface area (TPSA) is 86.6 Å². The molecule has 0 aliphatic rings. The predicted molar refractivity (Wildman–Crippen MR) is 41.5 cm³/mol. The molecule has 1 aromatic rings. The van der Waals surface area contributed by atoms with Crippen molar-refractivity contribution < 1.29 is 17.2 Å². The van der Waals surface area contributed by atoms with E-state index in [1.54, 1.807) is 5.10 Å². The van der Waals surface area contributed by atoms with Gasteiger partial charge in [0.15, 0.2) is 10.7 Å². The predicted octanol–water partition coefficient (Wildman–Crippen LogP) is 0.931. The molecule has 0 saturated carbocycles. The molecule has 0 aliphatic heterocycles. The second-order valence-electron chi connectivity index (χ2n) is 2.13. The summed E-state index contributed by atoms with van der Waals surface area (Å²) in [5.41, 5.74) is -0.439. The van der Waals surface area contributed by atoms with E-state index in [9.17, 15) is 17.2 Å². The smallest absolute Gasteiger partial charge is 0.265 e. The number of nitriles is 1. The van der Waals surface area contributed by atoms with Crippen molar-refractivity contribution in [2.24, 2.45) is 0 Å². The van der Waals surface area contributed by atoms with Gasteiger partial charge in [0, 0.05) is 0 Å². The molecule has 76 valence electrons. The van der Waals surface area contributed by atoms with Crippen LogP contribution in [-0.4, -0.2) is 24.4 Å². The third kappa shape index (κ3) is 1.56. The summed E-state index contributed by atoms with van der Waals surface area (Å²) in [6.07, 6.45) is 0. The van der Waals surface area contributed by atoms with Crippen molar-refractivity contribution in [3.63, 3.8) is 0 Å². The van der Waals surface area contributed by atoms with Crippen molar-refractivity contribution >= 4 is 21.4 Å². The van der Waals surface area contributed by atoms with Crippen molar-refractivity contribution in [3.05, 3.63) is 10.7 Å². The molecule has 1 aromatic heterocycles. The highest BCUT2D eigenvalue weighted by atomic mass is 35.5. The molecule has 1 heterocycles. The minimum absolute atomic E-state index is 0.439. The van der Waals surface area contributed by atoms with Gasteiger partial charge >= 0.3 is 5.76 Å². The normalized spacial score (nSPS) is 11.6. The molecule has 5 nitrogen and oxygen atoms in total. The van der Waals surface area contributed by atoms with Crippen LogP contribution in [-0.2, 0) is 9.84 Å². The van der Waals surface area contributed by atoms with E-state index in [1.807, 2.05) is 0 Å². The quantitative estimate of drug-likeness (QED) is 0.834. The highest BCUT2D eigenvalue weighted by molar-refractivity contribution is 7.91. The third-order valence-electron chi connectivity index (χ3n) is 1.30. The zero-order chi connectivity index (χ0) is 10.9.